The van der Waals surface area contributed by atoms with Crippen LogP contribution in [-0.4, -0.2) is 17.9 Å². The predicted molar refractivity (Wildman–Crippen MR) is 64.3 cm³/mol. The van der Waals surface area contributed by atoms with Crippen molar-refractivity contribution in [1.29, 1.82) is 0 Å². The molecule has 0 saturated heterocycles. The Labute approximate surface area is 94.7 Å². The van der Waals surface area contributed by atoms with E-state index in [4.69, 9.17) is 0 Å². The first-order chi connectivity index (χ1) is 7.77. The number of hydrogen-bond acceptors (Lipinski definition) is 1. The van der Waals surface area contributed by atoms with Crippen molar-refractivity contribution >= 4 is 11.6 Å². The van der Waals surface area contributed by atoms with Gasteiger partial charge in [0, 0.05) is 24.6 Å². The summed E-state index contributed by atoms with van der Waals surface area (Å²) in [5, 5.41) is 0. The summed E-state index contributed by atoms with van der Waals surface area (Å²) >= 11 is 0. The Kier molecular flexibility index (Phi) is 3.05. The van der Waals surface area contributed by atoms with Crippen molar-refractivity contribution in [2.45, 2.75) is 6.42 Å². The fraction of sp³-hybridized carbons (Fsp3) is 0.154. The largest absolute Gasteiger partial charge is 0.365 e. The van der Waals surface area contributed by atoms with E-state index in [0.717, 1.165) is 11.4 Å². The van der Waals surface area contributed by atoms with Crippen LogP contribution in [0.5, 0.6) is 0 Å². The van der Waals surface area contributed by atoms with Crippen LogP contribution in [0.3, 0.4) is 0 Å². The van der Waals surface area contributed by atoms with Crippen LogP contribution in [0.15, 0.2) is 48.7 Å². The number of aromatic nitrogens is 1. The summed E-state index contributed by atoms with van der Waals surface area (Å²) in [6.45, 7) is 0. The van der Waals surface area contributed by atoms with E-state index in [2.05, 4.69) is 4.98 Å². The number of likely N-dealkylation sites (N-methyl/N-ethyl adjacent to an activating group) is 1. The molecule has 2 aromatic rings. The van der Waals surface area contributed by atoms with Crippen LogP contribution < -0.4 is 4.90 Å². The van der Waals surface area contributed by atoms with E-state index in [-0.39, 0.29) is 5.91 Å². The summed E-state index contributed by atoms with van der Waals surface area (Å²) in [6.07, 6.45) is 2.23. The molecule has 1 aromatic heterocycles. The number of benzene rings is 1. The van der Waals surface area contributed by atoms with Crippen LogP contribution in [-0.2, 0) is 11.2 Å². The molecule has 0 spiro atoms. The molecule has 1 amide bonds. The third-order valence-corrected chi connectivity index (χ3v) is 2.52. The summed E-state index contributed by atoms with van der Waals surface area (Å²) in [5.41, 5.74) is 1.85. The zero-order valence-electron chi connectivity index (χ0n) is 9.18. The molecule has 0 aliphatic rings. The number of nitrogens with one attached hydrogen (secondary N) is 1. The van der Waals surface area contributed by atoms with Crippen molar-refractivity contribution in [3.8, 4) is 0 Å². The van der Waals surface area contributed by atoms with Crippen LogP contribution in [0, 0.1) is 0 Å². The zero-order chi connectivity index (χ0) is 11.4. The summed E-state index contributed by atoms with van der Waals surface area (Å²) in [7, 11) is 1.79. The highest BCUT2D eigenvalue weighted by Gasteiger charge is 2.11. The third-order valence-electron chi connectivity index (χ3n) is 2.52. The molecule has 0 bridgehead atoms. The Hall–Kier alpha value is -2.03. The Morgan fingerprint density at radius 2 is 1.94 bits per heavy atom. The molecule has 3 heteroatoms. The van der Waals surface area contributed by atoms with Crippen LogP contribution in [0.1, 0.15) is 5.69 Å². The van der Waals surface area contributed by atoms with Gasteiger partial charge in [0.25, 0.3) is 0 Å². The van der Waals surface area contributed by atoms with Crippen LogP contribution >= 0.6 is 0 Å². The average molecular weight is 214 g/mol. The van der Waals surface area contributed by atoms with Gasteiger partial charge in [0.15, 0.2) is 0 Å². The summed E-state index contributed by atoms with van der Waals surface area (Å²) in [6, 6.07) is 13.4. The molecule has 1 aromatic carbocycles. The van der Waals surface area contributed by atoms with Gasteiger partial charge in [0.05, 0.1) is 6.42 Å². The zero-order valence-corrected chi connectivity index (χ0v) is 9.18. The molecule has 0 saturated carbocycles. The second kappa shape index (κ2) is 4.66. The lowest BCUT2D eigenvalue weighted by molar-refractivity contribution is -0.117. The molecule has 0 aliphatic heterocycles. The van der Waals surface area contributed by atoms with Gasteiger partial charge in [-0.3, -0.25) is 4.79 Å². The number of carbonyl (C=O) groups excluding carboxylic acids is 1. The number of amides is 1. The number of hydrogen-bond donors (Lipinski definition) is 1. The number of H-pyrrole nitrogens is 1. The first-order valence-corrected chi connectivity index (χ1v) is 5.21. The first kappa shape index (κ1) is 10.5. The Bertz CT molecular complexity index is 448. The van der Waals surface area contributed by atoms with E-state index in [9.17, 15) is 4.79 Å². The van der Waals surface area contributed by atoms with Gasteiger partial charge in [-0.05, 0) is 24.3 Å². The van der Waals surface area contributed by atoms with Crippen molar-refractivity contribution in [2.24, 2.45) is 0 Å². The van der Waals surface area contributed by atoms with E-state index in [1.807, 2.05) is 48.7 Å². The van der Waals surface area contributed by atoms with Crippen molar-refractivity contribution in [3.05, 3.63) is 54.4 Å². The van der Waals surface area contributed by atoms with Crippen molar-refractivity contribution < 1.29 is 4.79 Å². The summed E-state index contributed by atoms with van der Waals surface area (Å²) < 4.78 is 0. The summed E-state index contributed by atoms with van der Waals surface area (Å²) in [4.78, 5) is 16.6. The number of rotatable bonds is 3. The van der Waals surface area contributed by atoms with Gasteiger partial charge in [-0.25, -0.2) is 0 Å². The van der Waals surface area contributed by atoms with Gasteiger partial charge in [0.1, 0.15) is 0 Å². The molecule has 1 heterocycles. The van der Waals surface area contributed by atoms with E-state index >= 15 is 0 Å². The number of anilines is 1. The van der Waals surface area contributed by atoms with Gasteiger partial charge in [-0.15, -0.1) is 0 Å². The minimum absolute atomic E-state index is 0.0775. The van der Waals surface area contributed by atoms with Gasteiger partial charge in [-0.2, -0.15) is 0 Å². The van der Waals surface area contributed by atoms with Crippen molar-refractivity contribution in [3.63, 3.8) is 0 Å². The molecule has 1 N–H and O–H groups in total. The molecule has 2 rings (SSSR count). The van der Waals surface area contributed by atoms with E-state index < -0.39 is 0 Å². The Balaban J connectivity index is 2.05. The minimum Gasteiger partial charge on any atom is -0.365 e. The van der Waals surface area contributed by atoms with Crippen LogP contribution in [0.2, 0.25) is 0 Å². The molecule has 82 valence electrons. The third kappa shape index (κ3) is 2.31. The number of para-hydroxylation sites is 1. The quantitative estimate of drug-likeness (QED) is 0.835. The fourth-order valence-corrected chi connectivity index (χ4v) is 1.55. The van der Waals surface area contributed by atoms with Crippen LogP contribution in [0.4, 0.5) is 5.69 Å². The number of aromatic amines is 1. The number of carbonyl (C=O) groups is 1. The Morgan fingerprint density at radius 3 is 2.56 bits per heavy atom. The molecule has 16 heavy (non-hydrogen) atoms. The molecular weight excluding hydrogens is 200 g/mol. The van der Waals surface area contributed by atoms with Crippen LogP contribution in [0.25, 0.3) is 0 Å². The highest BCUT2D eigenvalue weighted by Crippen LogP contribution is 2.12. The van der Waals surface area contributed by atoms with Gasteiger partial charge in [0.2, 0.25) is 5.91 Å². The van der Waals surface area contributed by atoms with Gasteiger partial charge >= 0.3 is 0 Å². The number of nitrogens with zero attached hydrogens (tertiary/aromatic N) is 1. The molecule has 3 nitrogen and oxygen atoms in total. The SMILES string of the molecule is CN(C(=O)Cc1ccc[nH]1)c1ccccc1. The predicted octanol–water partition coefficient (Wildman–Crippen LogP) is 2.22. The van der Waals surface area contributed by atoms with Crippen molar-refractivity contribution in [1.82, 2.24) is 4.98 Å². The topological polar surface area (TPSA) is 36.1 Å². The maximum Gasteiger partial charge on any atom is 0.232 e. The Morgan fingerprint density at radius 1 is 1.19 bits per heavy atom. The molecule has 0 atom stereocenters. The average Bonchev–Trinajstić information content (AvgIpc) is 2.82. The maximum absolute atomic E-state index is 11.9. The normalized spacial score (nSPS) is 10.1. The van der Waals surface area contributed by atoms with E-state index in [1.54, 1.807) is 11.9 Å². The lowest BCUT2D eigenvalue weighted by Gasteiger charge is -2.16. The summed E-state index contributed by atoms with van der Waals surface area (Å²) in [5.74, 6) is 0.0775. The molecular formula is C13H14N2O. The van der Waals surface area contributed by atoms with Gasteiger partial charge in [-0.1, -0.05) is 18.2 Å². The standard InChI is InChI=1S/C13H14N2O/c1-15(12-7-3-2-4-8-12)13(16)10-11-6-5-9-14-11/h2-9,14H,10H2,1H3. The second-order valence-electron chi connectivity index (χ2n) is 3.66. The fourth-order valence-electron chi connectivity index (χ4n) is 1.55. The van der Waals surface area contributed by atoms with Crippen molar-refractivity contribution in [2.75, 3.05) is 11.9 Å². The highest BCUT2D eigenvalue weighted by molar-refractivity contribution is 5.93. The molecule has 0 aliphatic carbocycles. The maximum atomic E-state index is 11.9. The molecule has 0 unspecified atom stereocenters. The minimum atomic E-state index is 0.0775. The highest BCUT2D eigenvalue weighted by atomic mass is 16.2. The van der Waals surface area contributed by atoms with Gasteiger partial charge < -0.3 is 9.88 Å². The van der Waals surface area contributed by atoms with E-state index in [1.165, 1.54) is 0 Å². The molecule has 0 radical (unpaired) electrons. The first-order valence-electron chi connectivity index (χ1n) is 5.21. The second-order valence-corrected chi connectivity index (χ2v) is 3.66. The lowest BCUT2D eigenvalue weighted by atomic mass is 10.2. The monoisotopic (exact) mass is 214 g/mol. The molecule has 0 fully saturated rings. The lowest BCUT2D eigenvalue weighted by Crippen LogP contribution is -2.27. The van der Waals surface area contributed by atoms with E-state index in [0.29, 0.717) is 6.42 Å². The smallest absolute Gasteiger partial charge is 0.232 e.